The first-order valence-electron chi connectivity index (χ1n) is 5.45. The van der Waals surface area contributed by atoms with Gasteiger partial charge in [-0.1, -0.05) is 17.7 Å². The van der Waals surface area contributed by atoms with Gasteiger partial charge in [0.2, 0.25) is 10.0 Å². The molecule has 4 nitrogen and oxygen atoms in total. The molecule has 0 unspecified atom stereocenters. The number of halogens is 1. The summed E-state index contributed by atoms with van der Waals surface area (Å²) in [6, 6.07) is 5.19. The Hall–Kier alpha value is -1.33. The number of benzene rings is 1. The second kappa shape index (κ2) is 4.74. The van der Waals surface area contributed by atoms with Crippen LogP contribution in [0.2, 0.25) is 5.02 Å². The minimum absolute atomic E-state index is 0.485. The van der Waals surface area contributed by atoms with E-state index in [-0.39, 0.29) is 0 Å². The van der Waals surface area contributed by atoms with E-state index in [0.717, 1.165) is 10.8 Å². The molecule has 0 fully saturated rings. The van der Waals surface area contributed by atoms with E-state index >= 15 is 0 Å². The van der Waals surface area contributed by atoms with Gasteiger partial charge in [-0.05, 0) is 26.0 Å². The van der Waals surface area contributed by atoms with Crippen molar-refractivity contribution in [3.8, 4) is 0 Å². The zero-order valence-electron chi connectivity index (χ0n) is 10.0. The molecule has 0 bridgehead atoms. The van der Waals surface area contributed by atoms with Gasteiger partial charge in [-0.25, -0.2) is 8.42 Å². The van der Waals surface area contributed by atoms with Crippen molar-refractivity contribution in [1.82, 2.24) is 4.98 Å². The third kappa shape index (κ3) is 2.57. The number of pyridine rings is 1. The van der Waals surface area contributed by atoms with Crippen molar-refractivity contribution in [1.29, 1.82) is 0 Å². The molecule has 0 radical (unpaired) electrons. The summed E-state index contributed by atoms with van der Waals surface area (Å²) in [5.41, 5.74) is 0.504. The van der Waals surface area contributed by atoms with Crippen LogP contribution in [0, 0.1) is 0 Å². The fraction of sp³-hybridized carbons (Fsp3) is 0.250. The maximum absolute atomic E-state index is 11.8. The molecule has 6 heteroatoms. The van der Waals surface area contributed by atoms with E-state index in [1.54, 1.807) is 38.2 Å². The van der Waals surface area contributed by atoms with Gasteiger partial charge in [0.15, 0.2) is 0 Å². The van der Waals surface area contributed by atoms with Crippen LogP contribution in [0.15, 0.2) is 30.6 Å². The molecule has 0 aliphatic rings. The number of nitrogens with zero attached hydrogens (tertiary/aromatic N) is 1. The van der Waals surface area contributed by atoms with Crippen LogP contribution >= 0.6 is 11.6 Å². The Labute approximate surface area is 111 Å². The number of sulfonamides is 1. The summed E-state index contributed by atoms with van der Waals surface area (Å²) in [5, 5.41) is 1.66. The van der Waals surface area contributed by atoms with Crippen molar-refractivity contribution in [2.24, 2.45) is 0 Å². The van der Waals surface area contributed by atoms with E-state index in [1.807, 2.05) is 0 Å². The number of aromatic nitrogens is 1. The van der Waals surface area contributed by atoms with Crippen LogP contribution in [0.5, 0.6) is 0 Å². The quantitative estimate of drug-likeness (QED) is 0.942. The summed E-state index contributed by atoms with van der Waals surface area (Å²) in [6.45, 7) is 3.25. The van der Waals surface area contributed by atoms with Crippen LogP contribution < -0.4 is 4.72 Å². The smallest absolute Gasteiger partial charge is 0.235 e. The summed E-state index contributed by atoms with van der Waals surface area (Å²) >= 11 is 6.02. The molecular weight excluding hydrogens is 272 g/mol. The third-order valence-electron chi connectivity index (χ3n) is 2.59. The van der Waals surface area contributed by atoms with Gasteiger partial charge >= 0.3 is 0 Å². The van der Waals surface area contributed by atoms with Crippen LogP contribution in [0.3, 0.4) is 0 Å². The third-order valence-corrected chi connectivity index (χ3v) is 4.66. The van der Waals surface area contributed by atoms with E-state index in [1.165, 1.54) is 6.20 Å². The summed E-state index contributed by atoms with van der Waals surface area (Å²) in [5.74, 6) is 0. The molecule has 2 aromatic rings. The van der Waals surface area contributed by atoms with Crippen molar-refractivity contribution in [3.05, 3.63) is 35.6 Å². The fourth-order valence-corrected chi connectivity index (χ4v) is 2.39. The molecule has 0 aliphatic carbocycles. The Morgan fingerprint density at radius 3 is 2.67 bits per heavy atom. The van der Waals surface area contributed by atoms with Crippen LogP contribution in [0.1, 0.15) is 13.8 Å². The van der Waals surface area contributed by atoms with Crippen LogP contribution in [-0.2, 0) is 10.0 Å². The maximum Gasteiger partial charge on any atom is 0.235 e. The molecule has 1 aromatic heterocycles. The van der Waals surface area contributed by atoms with Gasteiger partial charge in [-0.3, -0.25) is 9.71 Å². The Balaban J connectivity index is 2.45. The van der Waals surface area contributed by atoms with E-state index in [9.17, 15) is 8.42 Å². The van der Waals surface area contributed by atoms with Crippen LogP contribution in [0.4, 0.5) is 5.69 Å². The maximum atomic E-state index is 11.8. The molecule has 0 saturated heterocycles. The first kappa shape index (κ1) is 13.1. The standard InChI is InChI=1S/C12H13ClN2O2S/c1-8(2)18(16,17)15-10-4-3-9-6-14-7-12(13)11(9)5-10/h3-8,15H,1-2H3. The zero-order chi connectivity index (χ0) is 13.3. The molecular formula is C12H13ClN2O2S. The van der Waals surface area contributed by atoms with E-state index in [2.05, 4.69) is 9.71 Å². The molecule has 0 spiro atoms. The minimum Gasteiger partial charge on any atom is -0.283 e. The molecule has 18 heavy (non-hydrogen) atoms. The lowest BCUT2D eigenvalue weighted by atomic mass is 10.1. The fourth-order valence-electron chi connectivity index (χ4n) is 1.47. The molecule has 0 amide bonds. The first-order chi connectivity index (χ1) is 8.40. The number of hydrogen-bond acceptors (Lipinski definition) is 3. The van der Waals surface area contributed by atoms with Crippen molar-refractivity contribution in [3.63, 3.8) is 0 Å². The summed E-state index contributed by atoms with van der Waals surface area (Å²) in [7, 11) is -3.34. The monoisotopic (exact) mass is 284 g/mol. The van der Waals surface area contributed by atoms with Gasteiger partial charge in [0, 0.05) is 28.9 Å². The Morgan fingerprint density at radius 2 is 2.00 bits per heavy atom. The second-order valence-electron chi connectivity index (χ2n) is 4.25. The zero-order valence-corrected chi connectivity index (χ0v) is 11.6. The summed E-state index contributed by atoms with van der Waals surface area (Å²) in [4.78, 5) is 3.97. The lowest BCUT2D eigenvalue weighted by molar-refractivity contribution is 0.593. The topological polar surface area (TPSA) is 59.1 Å². The van der Waals surface area contributed by atoms with E-state index in [4.69, 9.17) is 11.6 Å². The molecule has 0 saturated carbocycles. The average Bonchev–Trinajstić information content (AvgIpc) is 2.29. The lowest BCUT2D eigenvalue weighted by Gasteiger charge is -2.11. The van der Waals surface area contributed by atoms with Gasteiger partial charge < -0.3 is 0 Å². The van der Waals surface area contributed by atoms with Gasteiger partial charge in [0.05, 0.1) is 10.3 Å². The highest BCUT2D eigenvalue weighted by Crippen LogP contribution is 2.25. The Bertz CT molecular complexity index is 684. The van der Waals surface area contributed by atoms with Crippen molar-refractivity contribution in [2.75, 3.05) is 4.72 Å². The SMILES string of the molecule is CC(C)S(=O)(=O)Nc1ccc2cncc(Cl)c2c1. The Kier molecular flexibility index (Phi) is 3.45. The first-order valence-corrected chi connectivity index (χ1v) is 7.37. The van der Waals surface area contributed by atoms with Crippen LogP contribution in [-0.4, -0.2) is 18.7 Å². The highest BCUT2D eigenvalue weighted by atomic mass is 35.5. The lowest BCUT2D eigenvalue weighted by Crippen LogP contribution is -2.22. The highest BCUT2D eigenvalue weighted by Gasteiger charge is 2.15. The summed E-state index contributed by atoms with van der Waals surface area (Å²) < 4.78 is 26.1. The van der Waals surface area contributed by atoms with Crippen LogP contribution in [0.25, 0.3) is 10.8 Å². The molecule has 2 rings (SSSR count). The van der Waals surface area contributed by atoms with Crippen molar-refractivity contribution < 1.29 is 8.42 Å². The van der Waals surface area contributed by atoms with Gasteiger partial charge in [0.25, 0.3) is 0 Å². The molecule has 1 N–H and O–H groups in total. The number of fused-ring (bicyclic) bond motifs is 1. The number of hydrogen-bond donors (Lipinski definition) is 1. The molecule has 0 aliphatic heterocycles. The van der Waals surface area contributed by atoms with E-state index in [0.29, 0.717) is 10.7 Å². The summed E-state index contributed by atoms with van der Waals surface area (Å²) in [6.07, 6.45) is 3.21. The average molecular weight is 285 g/mol. The van der Waals surface area contributed by atoms with E-state index < -0.39 is 15.3 Å². The van der Waals surface area contributed by atoms with Crippen molar-refractivity contribution >= 4 is 38.1 Å². The molecule has 1 aromatic carbocycles. The minimum atomic E-state index is -3.34. The molecule has 0 atom stereocenters. The predicted octanol–water partition coefficient (Wildman–Crippen LogP) is 3.04. The normalized spacial score (nSPS) is 12.0. The van der Waals surface area contributed by atoms with Crippen molar-refractivity contribution in [2.45, 2.75) is 19.1 Å². The number of anilines is 1. The second-order valence-corrected chi connectivity index (χ2v) is 6.90. The predicted molar refractivity (Wildman–Crippen MR) is 74.4 cm³/mol. The largest absolute Gasteiger partial charge is 0.283 e. The van der Waals surface area contributed by atoms with Gasteiger partial charge in [-0.2, -0.15) is 0 Å². The number of rotatable bonds is 3. The Morgan fingerprint density at radius 1 is 1.28 bits per heavy atom. The van der Waals surface area contributed by atoms with Gasteiger partial charge in [0.1, 0.15) is 0 Å². The molecule has 96 valence electrons. The highest BCUT2D eigenvalue weighted by molar-refractivity contribution is 7.93. The van der Waals surface area contributed by atoms with Gasteiger partial charge in [-0.15, -0.1) is 0 Å². The number of nitrogens with one attached hydrogen (secondary N) is 1. The molecule has 1 heterocycles.